The smallest absolute Gasteiger partial charge is 0.0894 e. The fourth-order valence-electron chi connectivity index (χ4n) is 0.724. The Morgan fingerprint density at radius 2 is 2.17 bits per heavy atom. The van der Waals surface area contributed by atoms with Crippen molar-refractivity contribution >= 4 is 0 Å². The number of nitrogens with one attached hydrogen (secondary N) is 1. The molecule has 0 spiro atoms. The molecule has 0 aliphatic carbocycles. The first-order valence-electron chi connectivity index (χ1n) is 4.38. The highest BCUT2D eigenvalue weighted by Crippen LogP contribution is 1.79. The molecule has 3 N–H and O–H groups in total. The summed E-state index contributed by atoms with van der Waals surface area (Å²) in [5.74, 6) is 0. The lowest BCUT2D eigenvalue weighted by molar-refractivity contribution is 0.0890. The number of ether oxygens (including phenoxy) is 1. The lowest BCUT2D eigenvalue weighted by Crippen LogP contribution is -2.31. The molecule has 4 nitrogen and oxygen atoms in total. The highest BCUT2D eigenvalue weighted by molar-refractivity contribution is 4.56. The molecule has 0 saturated heterocycles. The molecule has 0 aromatic rings. The van der Waals surface area contributed by atoms with Gasteiger partial charge in [0.2, 0.25) is 0 Å². The van der Waals surface area contributed by atoms with E-state index in [2.05, 4.69) is 12.2 Å². The van der Waals surface area contributed by atoms with Crippen molar-refractivity contribution in [1.29, 1.82) is 0 Å². The van der Waals surface area contributed by atoms with Crippen molar-refractivity contribution in [2.45, 2.75) is 19.4 Å². The van der Waals surface area contributed by atoms with Crippen LogP contribution in [0.25, 0.3) is 0 Å². The third kappa shape index (κ3) is 7.94. The van der Waals surface area contributed by atoms with Gasteiger partial charge < -0.3 is 20.3 Å². The van der Waals surface area contributed by atoms with Crippen LogP contribution in [-0.4, -0.2) is 49.2 Å². The minimum atomic E-state index is -0.656. The van der Waals surface area contributed by atoms with Gasteiger partial charge in [0.25, 0.3) is 0 Å². The monoisotopic (exact) mass is 177 g/mol. The average molecular weight is 177 g/mol. The van der Waals surface area contributed by atoms with Gasteiger partial charge in [-0.25, -0.2) is 0 Å². The molecule has 74 valence electrons. The molecule has 4 heteroatoms. The molecule has 12 heavy (non-hydrogen) atoms. The van der Waals surface area contributed by atoms with E-state index in [9.17, 15) is 0 Å². The Morgan fingerprint density at radius 3 is 2.75 bits per heavy atom. The minimum Gasteiger partial charge on any atom is -0.394 e. The lowest BCUT2D eigenvalue weighted by Gasteiger charge is -2.08. The van der Waals surface area contributed by atoms with Gasteiger partial charge in [0.1, 0.15) is 0 Å². The molecule has 1 unspecified atom stereocenters. The van der Waals surface area contributed by atoms with E-state index in [1.807, 2.05) is 0 Å². The van der Waals surface area contributed by atoms with Crippen molar-refractivity contribution in [3.63, 3.8) is 0 Å². The SMILES string of the molecule is CCCOCCNCC(O)CO. The average Bonchev–Trinajstić information content (AvgIpc) is 2.10. The fraction of sp³-hybridized carbons (Fsp3) is 1.00. The molecular weight excluding hydrogens is 158 g/mol. The first kappa shape index (κ1) is 11.8. The van der Waals surface area contributed by atoms with Crippen LogP contribution >= 0.6 is 0 Å². The molecule has 0 aliphatic heterocycles. The van der Waals surface area contributed by atoms with Gasteiger partial charge in [0, 0.05) is 19.7 Å². The summed E-state index contributed by atoms with van der Waals surface area (Å²) in [6.45, 7) is 4.45. The van der Waals surface area contributed by atoms with Gasteiger partial charge >= 0.3 is 0 Å². The topological polar surface area (TPSA) is 61.7 Å². The van der Waals surface area contributed by atoms with Crippen LogP contribution in [0.4, 0.5) is 0 Å². The van der Waals surface area contributed by atoms with E-state index >= 15 is 0 Å². The van der Waals surface area contributed by atoms with Crippen LogP contribution < -0.4 is 5.32 Å². The molecule has 0 aromatic carbocycles. The van der Waals surface area contributed by atoms with Crippen LogP contribution in [0.2, 0.25) is 0 Å². The standard InChI is InChI=1S/C8H19NO3/c1-2-4-12-5-3-9-6-8(11)7-10/h8-11H,2-7H2,1H3. The third-order valence-electron chi connectivity index (χ3n) is 1.36. The first-order chi connectivity index (χ1) is 5.81. The Hall–Kier alpha value is -0.160. The molecule has 0 amide bonds. The zero-order valence-corrected chi connectivity index (χ0v) is 7.62. The van der Waals surface area contributed by atoms with Crippen molar-refractivity contribution in [2.75, 3.05) is 32.9 Å². The third-order valence-corrected chi connectivity index (χ3v) is 1.36. The van der Waals surface area contributed by atoms with Gasteiger partial charge in [0.15, 0.2) is 0 Å². The second-order valence-electron chi connectivity index (χ2n) is 2.65. The second-order valence-corrected chi connectivity index (χ2v) is 2.65. The van der Waals surface area contributed by atoms with Crippen LogP contribution in [0, 0.1) is 0 Å². The molecule has 0 heterocycles. The summed E-state index contributed by atoms with van der Waals surface area (Å²) in [6, 6.07) is 0. The Kier molecular flexibility index (Phi) is 8.81. The van der Waals surface area contributed by atoms with Crippen molar-refractivity contribution in [3.8, 4) is 0 Å². The number of hydrogen-bond donors (Lipinski definition) is 3. The number of aliphatic hydroxyl groups excluding tert-OH is 2. The van der Waals surface area contributed by atoms with Gasteiger partial charge in [-0.3, -0.25) is 0 Å². The summed E-state index contributed by atoms with van der Waals surface area (Å²) in [5, 5.41) is 20.3. The van der Waals surface area contributed by atoms with E-state index in [0.717, 1.165) is 19.6 Å². The Labute approximate surface area is 73.5 Å². The fourth-order valence-corrected chi connectivity index (χ4v) is 0.724. The zero-order valence-electron chi connectivity index (χ0n) is 7.62. The van der Waals surface area contributed by atoms with E-state index in [4.69, 9.17) is 14.9 Å². The highest BCUT2D eigenvalue weighted by atomic mass is 16.5. The van der Waals surface area contributed by atoms with Crippen molar-refractivity contribution in [2.24, 2.45) is 0 Å². The van der Waals surface area contributed by atoms with Gasteiger partial charge in [0.05, 0.1) is 19.3 Å². The van der Waals surface area contributed by atoms with Gasteiger partial charge in [-0.2, -0.15) is 0 Å². The normalized spacial score (nSPS) is 13.2. The van der Waals surface area contributed by atoms with Crippen molar-refractivity contribution in [1.82, 2.24) is 5.32 Å². The molecule has 0 saturated carbocycles. The maximum absolute atomic E-state index is 8.91. The molecule has 0 fully saturated rings. The van der Waals surface area contributed by atoms with Crippen molar-refractivity contribution < 1.29 is 14.9 Å². The zero-order chi connectivity index (χ0) is 9.23. The van der Waals surface area contributed by atoms with Crippen LogP contribution in [0.1, 0.15) is 13.3 Å². The maximum Gasteiger partial charge on any atom is 0.0894 e. The Balaban J connectivity index is 2.90. The summed E-state index contributed by atoms with van der Waals surface area (Å²) in [6.07, 6.45) is 0.371. The molecular formula is C8H19NO3. The largest absolute Gasteiger partial charge is 0.394 e. The van der Waals surface area contributed by atoms with E-state index in [1.54, 1.807) is 0 Å². The van der Waals surface area contributed by atoms with E-state index < -0.39 is 6.10 Å². The highest BCUT2D eigenvalue weighted by Gasteiger charge is 1.98. The first-order valence-corrected chi connectivity index (χ1v) is 4.38. The summed E-state index contributed by atoms with van der Waals surface area (Å²) in [4.78, 5) is 0. The van der Waals surface area contributed by atoms with Gasteiger partial charge in [-0.05, 0) is 6.42 Å². The molecule has 0 bridgehead atoms. The minimum absolute atomic E-state index is 0.192. The van der Waals surface area contributed by atoms with E-state index in [1.165, 1.54) is 0 Å². The number of hydrogen-bond acceptors (Lipinski definition) is 4. The summed E-state index contributed by atoms with van der Waals surface area (Å²) in [5.41, 5.74) is 0. The number of aliphatic hydroxyl groups is 2. The van der Waals surface area contributed by atoms with Gasteiger partial charge in [-0.15, -0.1) is 0 Å². The van der Waals surface area contributed by atoms with Gasteiger partial charge in [-0.1, -0.05) is 6.92 Å². The Morgan fingerprint density at radius 1 is 1.42 bits per heavy atom. The summed E-state index contributed by atoms with van der Waals surface area (Å²) < 4.78 is 5.19. The van der Waals surface area contributed by atoms with Crippen LogP contribution in [0.3, 0.4) is 0 Å². The van der Waals surface area contributed by atoms with Crippen LogP contribution in [0.15, 0.2) is 0 Å². The molecule has 0 aromatic heterocycles. The lowest BCUT2D eigenvalue weighted by atomic mass is 10.4. The molecule has 1 atom stereocenters. The van der Waals surface area contributed by atoms with Crippen LogP contribution in [-0.2, 0) is 4.74 Å². The predicted octanol–water partition coefficient (Wildman–Crippen LogP) is -0.644. The van der Waals surface area contributed by atoms with E-state index in [-0.39, 0.29) is 6.61 Å². The predicted molar refractivity (Wildman–Crippen MR) is 47.1 cm³/mol. The summed E-state index contributed by atoms with van der Waals surface area (Å²) in [7, 11) is 0. The molecule has 0 rings (SSSR count). The number of rotatable bonds is 8. The Bertz CT molecular complexity index is 90.4. The van der Waals surface area contributed by atoms with Crippen LogP contribution in [0.5, 0.6) is 0 Å². The quantitative estimate of drug-likeness (QED) is 0.431. The summed E-state index contributed by atoms with van der Waals surface area (Å²) >= 11 is 0. The van der Waals surface area contributed by atoms with Crippen molar-refractivity contribution in [3.05, 3.63) is 0 Å². The second kappa shape index (κ2) is 8.93. The van der Waals surface area contributed by atoms with E-state index in [0.29, 0.717) is 13.2 Å². The molecule has 0 radical (unpaired) electrons. The molecule has 0 aliphatic rings. The maximum atomic E-state index is 8.91.